The van der Waals surface area contributed by atoms with Gasteiger partial charge >= 0.3 is 6.09 Å². The molecule has 2 rings (SSSR count). The standard InChI is InChI=1S/C18H28N2O2/c1-14-7-9-15(10-8-14)16-6-5-12-20(13-11-19-16)17(21)22-18(2,3)4/h7-10,16,19H,5-6,11-13H2,1-4H3. The van der Waals surface area contributed by atoms with Gasteiger partial charge in [0.15, 0.2) is 0 Å². The van der Waals surface area contributed by atoms with Crippen LogP contribution in [-0.4, -0.2) is 36.2 Å². The molecule has 1 saturated heterocycles. The first-order valence-electron chi connectivity index (χ1n) is 8.13. The highest BCUT2D eigenvalue weighted by Gasteiger charge is 2.23. The van der Waals surface area contributed by atoms with E-state index in [-0.39, 0.29) is 6.09 Å². The quantitative estimate of drug-likeness (QED) is 0.861. The molecule has 0 spiro atoms. The Labute approximate surface area is 133 Å². The van der Waals surface area contributed by atoms with Crippen molar-refractivity contribution in [2.24, 2.45) is 0 Å². The first-order chi connectivity index (χ1) is 10.3. The highest BCUT2D eigenvalue weighted by atomic mass is 16.6. The fourth-order valence-corrected chi connectivity index (χ4v) is 2.67. The van der Waals surface area contributed by atoms with E-state index < -0.39 is 5.60 Å². The summed E-state index contributed by atoms with van der Waals surface area (Å²) in [5.41, 5.74) is 2.18. The van der Waals surface area contributed by atoms with Gasteiger partial charge < -0.3 is 15.0 Å². The van der Waals surface area contributed by atoms with Crippen LogP contribution in [0.4, 0.5) is 4.79 Å². The molecule has 1 aromatic carbocycles. The van der Waals surface area contributed by atoms with Crippen molar-refractivity contribution in [1.82, 2.24) is 10.2 Å². The van der Waals surface area contributed by atoms with Crippen molar-refractivity contribution >= 4 is 6.09 Å². The Hall–Kier alpha value is -1.55. The van der Waals surface area contributed by atoms with Crippen molar-refractivity contribution in [3.8, 4) is 0 Å². The van der Waals surface area contributed by atoms with Gasteiger partial charge in [-0.25, -0.2) is 4.79 Å². The van der Waals surface area contributed by atoms with E-state index in [4.69, 9.17) is 4.74 Å². The van der Waals surface area contributed by atoms with Crippen LogP contribution in [0.1, 0.15) is 50.8 Å². The van der Waals surface area contributed by atoms with E-state index in [1.165, 1.54) is 11.1 Å². The molecule has 22 heavy (non-hydrogen) atoms. The van der Waals surface area contributed by atoms with Crippen LogP contribution in [0.3, 0.4) is 0 Å². The molecule has 0 radical (unpaired) electrons. The SMILES string of the molecule is Cc1ccc(C2CCCN(C(=O)OC(C)(C)C)CCN2)cc1. The average Bonchev–Trinajstić information content (AvgIpc) is 2.38. The predicted molar refractivity (Wildman–Crippen MR) is 89.0 cm³/mol. The Balaban J connectivity index is 1.90. The smallest absolute Gasteiger partial charge is 0.410 e. The van der Waals surface area contributed by atoms with Gasteiger partial charge in [-0.2, -0.15) is 0 Å². The molecule has 1 N–H and O–H groups in total. The molecule has 0 saturated carbocycles. The molecule has 0 aliphatic carbocycles. The van der Waals surface area contributed by atoms with Crippen LogP contribution in [-0.2, 0) is 4.74 Å². The van der Waals surface area contributed by atoms with E-state index in [0.29, 0.717) is 12.6 Å². The number of carbonyl (C=O) groups excluding carboxylic acids is 1. The second kappa shape index (κ2) is 7.14. The van der Waals surface area contributed by atoms with Crippen molar-refractivity contribution in [3.63, 3.8) is 0 Å². The first kappa shape index (κ1) is 16.8. The number of aryl methyl sites for hydroxylation is 1. The van der Waals surface area contributed by atoms with Gasteiger partial charge in [-0.1, -0.05) is 29.8 Å². The topological polar surface area (TPSA) is 41.6 Å². The van der Waals surface area contributed by atoms with Crippen LogP contribution >= 0.6 is 0 Å². The molecule has 0 bridgehead atoms. The Bertz CT molecular complexity index is 481. The van der Waals surface area contributed by atoms with Crippen LogP contribution in [0.15, 0.2) is 24.3 Å². The summed E-state index contributed by atoms with van der Waals surface area (Å²) in [5.74, 6) is 0. The third-order valence-electron chi connectivity index (χ3n) is 3.82. The number of nitrogens with one attached hydrogen (secondary N) is 1. The van der Waals surface area contributed by atoms with Crippen molar-refractivity contribution in [1.29, 1.82) is 0 Å². The fraction of sp³-hybridized carbons (Fsp3) is 0.611. The first-order valence-corrected chi connectivity index (χ1v) is 8.13. The highest BCUT2D eigenvalue weighted by molar-refractivity contribution is 5.68. The summed E-state index contributed by atoms with van der Waals surface area (Å²) in [6, 6.07) is 9.08. The van der Waals surface area contributed by atoms with Gasteiger partial charge in [-0.3, -0.25) is 0 Å². The summed E-state index contributed by atoms with van der Waals surface area (Å²) in [7, 11) is 0. The zero-order chi connectivity index (χ0) is 16.2. The minimum absolute atomic E-state index is 0.205. The summed E-state index contributed by atoms with van der Waals surface area (Å²) in [6.07, 6.45) is 1.80. The summed E-state index contributed by atoms with van der Waals surface area (Å²) in [4.78, 5) is 14.0. The minimum atomic E-state index is -0.433. The van der Waals surface area contributed by atoms with Gasteiger partial charge in [0.2, 0.25) is 0 Å². The molecule has 4 heteroatoms. The van der Waals surface area contributed by atoms with Crippen molar-refractivity contribution in [2.75, 3.05) is 19.6 Å². The third-order valence-corrected chi connectivity index (χ3v) is 3.82. The molecule has 4 nitrogen and oxygen atoms in total. The summed E-state index contributed by atoms with van der Waals surface area (Å²) in [5, 5.41) is 3.56. The molecule has 0 aromatic heterocycles. The van der Waals surface area contributed by atoms with E-state index in [1.54, 1.807) is 0 Å². The second-order valence-electron chi connectivity index (χ2n) is 7.03. The number of carbonyl (C=O) groups is 1. The van der Waals surface area contributed by atoms with Crippen LogP contribution < -0.4 is 5.32 Å². The van der Waals surface area contributed by atoms with Crippen LogP contribution in [0, 0.1) is 6.92 Å². The number of nitrogens with zero attached hydrogens (tertiary/aromatic N) is 1. The minimum Gasteiger partial charge on any atom is -0.444 e. The average molecular weight is 304 g/mol. The lowest BCUT2D eigenvalue weighted by atomic mass is 10.00. The maximum Gasteiger partial charge on any atom is 0.410 e. The zero-order valence-electron chi connectivity index (χ0n) is 14.2. The number of hydrogen-bond acceptors (Lipinski definition) is 3. The summed E-state index contributed by atoms with van der Waals surface area (Å²) < 4.78 is 5.46. The normalized spacial score (nSPS) is 20.2. The van der Waals surface area contributed by atoms with Crippen molar-refractivity contribution in [3.05, 3.63) is 35.4 Å². The number of benzene rings is 1. The molecule has 1 fully saturated rings. The van der Waals surface area contributed by atoms with Crippen LogP contribution in [0.5, 0.6) is 0 Å². The summed E-state index contributed by atoms with van der Waals surface area (Å²) >= 11 is 0. The Kier molecular flexibility index (Phi) is 5.46. The molecular formula is C18H28N2O2. The maximum atomic E-state index is 12.1. The van der Waals surface area contributed by atoms with Crippen molar-refractivity contribution < 1.29 is 9.53 Å². The fourth-order valence-electron chi connectivity index (χ4n) is 2.67. The maximum absolute atomic E-state index is 12.1. The van der Waals surface area contributed by atoms with Gasteiger partial charge in [-0.15, -0.1) is 0 Å². The molecule has 1 unspecified atom stereocenters. The van der Waals surface area contributed by atoms with E-state index in [2.05, 4.69) is 36.5 Å². The molecule has 1 amide bonds. The molecule has 1 heterocycles. The Morgan fingerprint density at radius 1 is 1.23 bits per heavy atom. The Morgan fingerprint density at radius 2 is 1.91 bits per heavy atom. The predicted octanol–water partition coefficient (Wildman–Crippen LogP) is 3.66. The highest BCUT2D eigenvalue weighted by Crippen LogP contribution is 2.21. The van der Waals surface area contributed by atoms with E-state index >= 15 is 0 Å². The molecule has 1 aliphatic rings. The number of amides is 1. The largest absolute Gasteiger partial charge is 0.444 e. The Morgan fingerprint density at radius 3 is 2.55 bits per heavy atom. The van der Waals surface area contributed by atoms with Gasteiger partial charge in [0.25, 0.3) is 0 Å². The van der Waals surface area contributed by atoms with Crippen LogP contribution in [0.2, 0.25) is 0 Å². The van der Waals surface area contributed by atoms with Gasteiger partial charge in [0, 0.05) is 25.7 Å². The lowest BCUT2D eigenvalue weighted by molar-refractivity contribution is 0.0237. The third kappa shape index (κ3) is 5.02. The monoisotopic (exact) mass is 304 g/mol. The van der Waals surface area contributed by atoms with E-state index in [0.717, 1.165) is 25.9 Å². The van der Waals surface area contributed by atoms with Crippen LogP contribution in [0.25, 0.3) is 0 Å². The number of ether oxygens (including phenoxy) is 1. The molecule has 1 aliphatic heterocycles. The van der Waals surface area contributed by atoms with Gasteiger partial charge in [0.1, 0.15) is 5.60 Å². The van der Waals surface area contributed by atoms with Gasteiger partial charge in [-0.05, 0) is 46.1 Å². The molecule has 1 aromatic rings. The lowest BCUT2D eigenvalue weighted by Gasteiger charge is -2.31. The van der Waals surface area contributed by atoms with E-state index in [9.17, 15) is 4.79 Å². The zero-order valence-corrected chi connectivity index (χ0v) is 14.2. The van der Waals surface area contributed by atoms with Gasteiger partial charge in [0.05, 0.1) is 0 Å². The number of hydrogen-bond donors (Lipinski definition) is 1. The second-order valence-corrected chi connectivity index (χ2v) is 7.03. The molecule has 1 atom stereocenters. The number of rotatable bonds is 1. The lowest BCUT2D eigenvalue weighted by Crippen LogP contribution is -2.43. The summed E-state index contributed by atoms with van der Waals surface area (Å²) in [6.45, 7) is 10.1. The molecule has 122 valence electrons. The van der Waals surface area contributed by atoms with Crippen molar-refractivity contribution in [2.45, 2.75) is 52.2 Å². The molecular weight excluding hydrogens is 276 g/mol. The van der Waals surface area contributed by atoms with E-state index in [1.807, 2.05) is 25.7 Å².